The number of fused-ring (bicyclic) bond motifs is 2. The van der Waals surface area contributed by atoms with Gasteiger partial charge in [0.1, 0.15) is 18.2 Å². The quantitative estimate of drug-likeness (QED) is 0.483. The third kappa shape index (κ3) is 3.82. The van der Waals surface area contributed by atoms with E-state index in [1.807, 2.05) is 24.3 Å². The average Bonchev–Trinajstić information content (AvgIpc) is 3.61. The highest BCUT2D eigenvalue weighted by Crippen LogP contribution is 2.38. The first-order chi connectivity index (χ1) is 15.7. The highest BCUT2D eigenvalue weighted by molar-refractivity contribution is 5.84. The van der Waals surface area contributed by atoms with E-state index >= 15 is 0 Å². The van der Waals surface area contributed by atoms with Crippen molar-refractivity contribution in [2.75, 3.05) is 6.54 Å². The fraction of sp³-hybridized carbons (Fsp3) is 0.308. The summed E-state index contributed by atoms with van der Waals surface area (Å²) in [5, 5.41) is 1.16. The van der Waals surface area contributed by atoms with E-state index in [2.05, 4.69) is 45.3 Å². The third-order valence-corrected chi connectivity index (χ3v) is 6.51. The number of nitrogens with one attached hydrogen (secondary N) is 2. The van der Waals surface area contributed by atoms with Crippen LogP contribution in [0.3, 0.4) is 0 Å². The predicted molar refractivity (Wildman–Crippen MR) is 124 cm³/mol. The second-order valence-corrected chi connectivity index (χ2v) is 8.91. The molecule has 2 aromatic carbocycles. The second kappa shape index (κ2) is 7.95. The number of benzene rings is 2. The molecule has 4 aromatic rings. The van der Waals surface area contributed by atoms with Crippen LogP contribution in [0.2, 0.25) is 0 Å². The summed E-state index contributed by atoms with van der Waals surface area (Å²) in [6.07, 6.45) is 5.18. The summed E-state index contributed by atoms with van der Waals surface area (Å²) in [4.78, 5) is 26.2. The number of aromatic amines is 2. The third-order valence-electron chi connectivity index (χ3n) is 6.51. The highest BCUT2D eigenvalue weighted by atomic mass is 16.5. The Hall–Kier alpha value is -3.38. The maximum Gasteiger partial charge on any atom is 0.255 e. The molecule has 0 atom stereocenters. The van der Waals surface area contributed by atoms with Crippen molar-refractivity contribution in [3.05, 3.63) is 93.3 Å². The number of rotatable bonds is 6. The summed E-state index contributed by atoms with van der Waals surface area (Å²) in [5.41, 5.74) is 5.31. The fourth-order valence-corrected chi connectivity index (χ4v) is 4.55. The van der Waals surface area contributed by atoms with Crippen molar-refractivity contribution < 1.29 is 4.74 Å². The van der Waals surface area contributed by atoms with Crippen molar-refractivity contribution >= 4 is 10.9 Å². The van der Waals surface area contributed by atoms with Crippen molar-refractivity contribution in [1.29, 1.82) is 0 Å². The smallest absolute Gasteiger partial charge is 0.255 e. The summed E-state index contributed by atoms with van der Waals surface area (Å²) in [7, 11) is 0. The molecule has 1 aliphatic heterocycles. The fourth-order valence-electron chi connectivity index (χ4n) is 4.55. The Balaban J connectivity index is 1.19. The van der Waals surface area contributed by atoms with Crippen LogP contribution in [0.1, 0.15) is 47.0 Å². The van der Waals surface area contributed by atoms with Gasteiger partial charge in [0.2, 0.25) is 0 Å². The van der Waals surface area contributed by atoms with Gasteiger partial charge in [-0.3, -0.25) is 9.69 Å². The van der Waals surface area contributed by atoms with Crippen molar-refractivity contribution in [3.63, 3.8) is 0 Å². The first-order valence-electron chi connectivity index (χ1n) is 11.3. The molecule has 0 radical (unpaired) electrons. The van der Waals surface area contributed by atoms with Crippen LogP contribution in [-0.4, -0.2) is 26.4 Å². The van der Waals surface area contributed by atoms with E-state index in [0.717, 1.165) is 71.6 Å². The molecular formula is C26H26N4O2. The van der Waals surface area contributed by atoms with Crippen molar-refractivity contribution in [1.82, 2.24) is 19.9 Å². The van der Waals surface area contributed by atoms with Gasteiger partial charge in [-0.2, -0.15) is 0 Å². The maximum atomic E-state index is 12.7. The summed E-state index contributed by atoms with van der Waals surface area (Å²) in [6.45, 7) is 2.88. The average molecular weight is 427 g/mol. The van der Waals surface area contributed by atoms with Crippen LogP contribution in [0.5, 0.6) is 5.75 Å². The number of H-pyrrole nitrogens is 2. The molecule has 2 N–H and O–H groups in total. The minimum absolute atomic E-state index is 0.0390. The molecule has 0 saturated heterocycles. The Kier molecular flexibility index (Phi) is 4.80. The number of ether oxygens (including phenoxy) is 1. The Morgan fingerprint density at radius 2 is 2.00 bits per heavy atom. The molecule has 0 unspecified atom stereocenters. The molecule has 1 fully saturated rings. The standard InChI is InChI=1S/C26H26N4O2/c31-26-22-15-30(11-10-24(22)28-25(29-26)18-6-7-18)14-19-13-27-23-9-8-20(12-21(19)23)32-16-17-4-2-1-3-5-17/h1-5,8-9,12-13,18,27H,6-7,10-11,14-16H2,(H,28,29,31). The van der Waals surface area contributed by atoms with Crippen LogP contribution in [0.15, 0.2) is 59.5 Å². The molecule has 0 spiro atoms. The van der Waals surface area contributed by atoms with E-state index in [9.17, 15) is 4.79 Å². The van der Waals surface area contributed by atoms with Crippen molar-refractivity contribution in [2.45, 2.75) is 44.9 Å². The van der Waals surface area contributed by atoms with E-state index in [-0.39, 0.29) is 5.56 Å². The van der Waals surface area contributed by atoms with Gasteiger partial charge < -0.3 is 14.7 Å². The predicted octanol–water partition coefficient (Wildman–Crippen LogP) is 4.27. The van der Waals surface area contributed by atoms with Gasteiger partial charge in [-0.25, -0.2) is 4.98 Å². The lowest BCUT2D eigenvalue weighted by atomic mass is 10.1. The minimum Gasteiger partial charge on any atom is -0.489 e. The summed E-state index contributed by atoms with van der Waals surface area (Å²) in [6, 6.07) is 16.4. The van der Waals surface area contributed by atoms with Gasteiger partial charge in [-0.1, -0.05) is 30.3 Å². The molecule has 1 saturated carbocycles. The number of aromatic nitrogens is 3. The summed E-state index contributed by atoms with van der Waals surface area (Å²) >= 11 is 0. The normalized spacial score (nSPS) is 16.2. The molecule has 3 heterocycles. The monoisotopic (exact) mass is 426 g/mol. The lowest BCUT2D eigenvalue weighted by Crippen LogP contribution is -2.35. The number of hydrogen-bond acceptors (Lipinski definition) is 4. The molecule has 2 aromatic heterocycles. The molecule has 6 heteroatoms. The van der Waals surface area contributed by atoms with E-state index in [0.29, 0.717) is 19.1 Å². The van der Waals surface area contributed by atoms with Crippen LogP contribution < -0.4 is 10.3 Å². The Labute approximate surface area is 186 Å². The minimum atomic E-state index is 0.0390. The van der Waals surface area contributed by atoms with Gasteiger partial charge in [0.15, 0.2) is 0 Å². The first kappa shape index (κ1) is 19.3. The van der Waals surface area contributed by atoms with Crippen molar-refractivity contribution in [2.24, 2.45) is 0 Å². The Morgan fingerprint density at radius 3 is 2.84 bits per heavy atom. The Morgan fingerprint density at radius 1 is 1.12 bits per heavy atom. The zero-order chi connectivity index (χ0) is 21.5. The van der Waals surface area contributed by atoms with Gasteiger partial charge in [0, 0.05) is 49.1 Å². The SMILES string of the molecule is O=c1[nH]c(C2CC2)nc2c1CN(Cc1c[nH]c3ccc(OCc4ccccc4)cc13)CC2. The summed E-state index contributed by atoms with van der Waals surface area (Å²) < 4.78 is 6.03. The molecule has 0 bridgehead atoms. The summed E-state index contributed by atoms with van der Waals surface area (Å²) in [5.74, 6) is 2.22. The van der Waals surface area contributed by atoms with E-state index in [1.165, 1.54) is 5.56 Å². The zero-order valence-corrected chi connectivity index (χ0v) is 17.9. The highest BCUT2D eigenvalue weighted by Gasteiger charge is 2.29. The van der Waals surface area contributed by atoms with Gasteiger partial charge >= 0.3 is 0 Å². The largest absolute Gasteiger partial charge is 0.489 e. The molecule has 32 heavy (non-hydrogen) atoms. The molecule has 162 valence electrons. The maximum absolute atomic E-state index is 12.7. The molecule has 6 rings (SSSR count). The van der Waals surface area contributed by atoms with Gasteiger partial charge in [0.25, 0.3) is 5.56 Å². The zero-order valence-electron chi connectivity index (χ0n) is 17.9. The van der Waals surface area contributed by atoms with Crippen LogP contribution in [0, 0.1) is 0 Å². The first-order valence-corrected chi connectivity index (χ1v) is 11.3. The molecule has 1 aliphatic carbocycles. The van der Waals surface area contributed by atoms with E-state index in [1.54, 1.807) is 0 Å². The topological polar surface area (TPSA) is 74.0 Å². The van der Waals surface area contributed by atoms with Crippen LogP contribution in [0.4, 0.5) is 0 Å². The van der Waals surface area contributed by atoms with E-state index in [4.69, 9.17) is 9.72 Å². The van der Waals surface area contributed by atoms with Crippen LogP contribution in [0.25, 0.3) is 10.9 Å². The molecule has 6 nitrogen and oxygen atoms in total. The van der Waals surface area contributed by atoms with Crippen LogP contribution in [-0.2, 0) is 26.1 Å². The molecular weight excluding hydrogens is 400 g/mol. The van der Waals surface area contributed by atoms with Gasteiger partial charge in [0.05, 0.1) is 11.3 Å². The van der Waals surface area contributed by atoms with Crippen LogP contribution >= 0.6 is 0 Å². The van der Waals surface area contributed by atoms with Crippen molar-refractivity contribution in [3.8, 4) is 5.75 Å². The number of hydrogen-bond donors (Lipinski definition) is 2. The van der Waals surface area contributed by atoms with Gasteiger partial charge in [-0.05, 0) is 42.2 Å². The molecule has 2 aliphatic rings. The van der Waals surface area contributed by atoms with E-state index < -0.39 is 0 Å². The lowest BCUT2D eigenvalue weighted by molar-refractivity contribution is 0.242. The molecule has 0 amide bonds. The Bertz CT molecular complexity index is 1320. The lowest BCUT2D eigenvalue weighted by Gasteiger charge is -2.27. The second-order valence-electron chi connectivity index (χ2n) is 8.91. The number of nitrogens with zero attached hydrogens (tertiary/aromatic N) is 2. The van der Waals surface area contributed by atoms with Gasteiger partial charge in [-0.15, -0.1) is 0 Å².